The van der Waals surface area contributed by atoms with Crippen LogP contribution in [0.4, 0.5) is 0 Å². The lowest BCUT2D eigenvalue weighted by Gasteiger charge is -2.10. The lowest BCUT2D eigenvalue weighted by molar-refractivity contribution is 0.462. The zero-order valence-corrected chi connectivity index (χ0v) is 13.9. The highest BCUT2D eigenvalue weighted by Crippen LogP contribution is 2.18. The van der Waals surface area contributed by atoms with Gasteiger partial charge >= 0.3 is 0 Å². The normalized spacial score (nSPS) is 12.8. The van der Waals surface area contributed by atoms with Gasteiger partial charge in [-0.1, -0.05) is 117 Å². The first-order valence-electron chi connectivity index (χ1n) is 9.14. The van der Waals surface area contributed by atoms with Gasteiger partial charge in [0, 0.05) is 0 Å². The van der Waals surface area contributed by atoms with Crippen LogP contribution < -0.4 is 0 Å². The molecule has 0 heterocycles. The van der Waals surface area contributed by atoms with Crippen LogP contribution in [0.3, 0.4) is 0 Å². The van der Waals surface area contributed by atoms with Gasteiger partial charge in [-0.3, -0.25) is 0 Å². The van der Waals surface area contributed by atoms with Crippen molar-refractivity contribution in [1.82, 2.24) is 0 Å². The summed E-state index contributed by atoms with van der Waals surface area (Å²) in [6.07, 6.45) is 21.2. The molecular weight excluding hydrogens is 228 g/mol. The van der Waals surface area contributed by atoms with Crippen molar-refractivity contribution in [2.24, 2.45) is 5.92 Å². The summed E-state index contributed by atoms with van der Waals surface area (Å²) in [5.74, 6) is 0.724. The van der Waals surface area contributed by atoms with Crippen molar-refractivity contribution >= 4 is 0 Å². The Hall–Kier alpha value is 0. The zero-order valence-electron chi connectivity index (χ0n) is 13.9. The Labute approximate surface area is 123 Å². The van der Waals surface area contributed by atoms with Gasteiger partial charge in [-0.15, -0.1) is 0 Å². The van der Waals surface area contributed by atoms with Crippen LogP contribution in [0.25, 0.3) is 0 Å². The second-order valence-electron chi connectivity index (χ2n) is 6.33. The smallest absolute Gasteiger partial charge is 0.0414 e. The molecule has 1 atom stereocenters. The first-order valence-corrected chi connectivity index (χ1v) is 9.14. The third kappa shape index (κ3) is 15.9. The summed E-state index contributed by atoms with van der Waals surface area (Å²) in [6, 6.07) is 0. The Bertz CT molecular complexity index is 150. The van der Waals surface area contributed by atoms with E-state index in [0.717, 1.165) is 5.92 Å². The Balaban J connectivity index is 3.10. The predicted molar refractivity (Wildman–Crippen MR) is 89.5 cm³/mol. The average molecular weight is 268 g/mol. The fraction of sp³-hybridized carbons (Fsp3) is 0.947. The van der Waals surface area contributed by atoms with Crippen LogP contribution in [0.2, 0.25) is 0 Å². The maximum atomic E-state index is 4.32. The maximum absolute atomic E-state index is 4.32. The van der Waals surface area contributed by atoms with Crippen LogP contribution in [0.15, 0.2) is 0 Å². The highest BCUT2D eigenvalue weighted by molar-refractivity contribution is 4.62. The van der Waals surface area contributed by atoms with Gasteiger partial charge in [-0.05, 0) is 5.92 Å². The standard InChI is InChI=1S/C19H39/c1-4-6-8-10-12-14-16-18-19(3)17-15-13-11-9-7-5-2/h19H,3-18H2,1-2H3. The van der Waals surface area contributed by atoms with Crippen molar-refractivity contribution in [3.63, 3.8) is 0 Å². The van der Waals surface area contributed by atoms with Crippen molar-refractivity contribution in [3.05, 3.63) is 6.92 Å². The Kier molecular flexibility index (Phi) is 16.1. The van der Waals surface area contributed by atoms with E-state index in [1.807, 2.05) is 0 Å². The molecule has 0 nitrogen and oxygen atoms in total. The van der Waals surface area contributed by atoms with Crippen LogP contribution in [0, 0.1) is 12.8 Å². The molecule has 0 aliphatic rings. The monoisotopic (exact) mass is 267 g/mol. The lowest BCUT2D eigenvalue weighted by Crippen LogP contribution is -1.95. The van der Waals surface area contributed by atoms with Gasteiger partial charge in [-0.25, -0.2) is 0 Å². The Morgan fingerprint density at radius 3 is 1.21 bits per heavy atom. The van der Waals surface area contributed by atoms with Gasteiger partial charge in [0.25, 0.3) is 0 Å². The minimum Gasteiger partial charge on any atom is -0.0654 e. The second-order valence-corrected chi connectivity index (χ2v) is 6.33. The minimum absolute atomic E-state index is 0.724. The van der Waals surface area contributed by atoms with Crippen LogP contribution in [-0.2, 0) is 0 Å². The summed E-state index contributed by atoms with van der Waals surface area (Å²) in [7, 11) is 0. The molecule has 115 valence electrons. The van der Waals surface area contributed by atoms with E-state index < -0.39 is 0 Å². The van der Waals surface area contributed by atoms with E-state index in [1.54, 1.807) is 0 Å². The first-order chi connectivity index (χ1) is 9.31. The highest BCUT2D eigenvalue weighted by Gasteiger charge is 2.02. The quantitative estimate of drug-likeness (QED) is 0.272. The molecule has 0 amide bonds. The largest absolute Gasteiger partial charge is 0.0654 e. The van der Waals surface area contributed by atoms with Gasteiger partial charge in [0.05, 0.1) is 0 Å². The average Bonchev–Trinajstić information content (AvgIpc) is 2.41. The third-order valence-corrected chi connectivity index (χ3v) is 4.18. The van der Waals surface area contributed by atoms with E-state index in [-0.39, 0.29) is 0 Å². The van der Waals surface area contributed by atoms with Crippen molar-refractivity contribution in [2.75, 3.05) is 0 Å². The SMILES string of the molecule is [CH2]C(CCCCCCCC)CCCCCCCCC. The fourth-order valence-corrected chi connectivity index (χ4v) is 2.75. The molecule has 0 rings (SSSR count). The van der Waals surface area contributed by atoms with Gasteiger partial charge in [-0.2, -0.15) is 0 Å². The van der Waals surface area contributed by atoms with Crippen molar-refractivity contribution in [2.45, 2.75) is 110 Å². The van der Waals surface area contributed by atoms with Crippen molar-refractivity contribution in [1.29, 1.82) is 0 Å². The highest BCUT2D eigenvalue weighted by atomic mass is 14.1. The molecule has 1 radical (unpaired) electrons. The minimum atomic E-state index is 0.724. The number of rotatable bonds is 15. The van der Waals surface area contributed by atoms with Crippen molar-refractivity contribution < 1.29 is 0 Å². The van der Waals surface area contributed by atoms with Crippen LogP contribution in [-0.4, -0.2) is 0 Å². The third-order valence-electron chi connectivity index (χ3n) is 4.18. The van der Waals surface area contributed by atoms with Gasteiger partial charge in [0.2, 0.25) is 0 Å². The number of unbranched alkanes of at least 4 members (excludes halogenated alkanes) is 11. The van der Waals surface area contributed by atoms with Gasteiger partial charge in [0.15, 0.2) is 0 Å². The van der Waals surface area contributed by atoms with Gasteiger partial charge < -0.3 is 0 Å². The second kappa shape index (κ2) is 16.1. The Morgan fingerprint density at radius 1 is 0.526 bits per heavy atom. The molecule has 0 spiro atoms. The lowest BCUT2D eigenvalue weighted by atomic mass is 9.96. The molecule has 0 aromatic rings. The fourth-order valence-electron chi connectivity index (χ4n) is 2.75. The van der Waals surface area contributed by atoms with E-state index in [9.17, 15) is 0 Å². The molecule has 0 heteroatoms. The molecule has 0 aromatic heterocycles. The number of hydrogen-bond donors (Lipinski definition) is 0. The van der Waals surface area contributed by atoms with E-state index in [4.69, 9.17) is 0 Å². The summed E-state index contributed by atoms with van der Waals surface area (Å²) in [5, 5.41) is 0. The zero-order chi connectivity index (χ0) is 14.2. The van der Waals surface area contributed by atoms with Crippen LogP contribution in [0.5, 0.6) is 0 Å². The van der Waals surface area contributed by atoms with E-state index in [2.05, 4.69) is 20.8 Å². The number of hydrogen-bond acceptors (Lipinski definition) is 0. The molecule has 0 fully saturated rings. The van der Waals surface area contributed by atoms with Gasteiger partial charge in [0.1, 0.15) is 0 Å². The molecule has 0 aliphatic heterocycles. The van der Waals surface area contributed by atoms with Crippen molar-refractivity contribution in [3.8, 4) is 0 Å². The summed E-state index contributed by atoms with van der Waals surface area (Å²) in [5.41, 5.74) is 0. The summed E-state index contributed by atoms with van der Waals surface area (Å²) < 4.78 is 0. The molecule has 0 N–H and O–H groups in total. The molecule has 0 saturated heterocycles. The van der Waals surface area contributed by atoms with E-state index >= 15 is 0 Å². The van der Waals surface area contributed by atoms with E-state index in [1.165, 1.54) is 96.3 Å². The first kappa shape index (κ1) is 19.0. The molecule has 0 saturated carbocycles. The van der Waals surface area contributed by atoms with Crippen LogP contribution in [0.1, 0.15) is 110 Å². The summed E-state index contributed by atoms with van der Waals surface area (Å²) in [6.45, 7) is 8.89. The molecular formula is C19H39. The topological polar surface area (TPSA) is 0 Å². The molecule has 19 heavy (non-hydrogen) atoms. The Morgan fingerprint density at radius 2 is 0.842 bits per heavy atom. The predicted octanol–water partition coefficient (Wildman–Crippen LogP) is 7.33. The molecule has 0 aliphatic carbocycles. The molecule has 0 aromatic carbocycles. The maximum Gasteiger partial charge on any atom is -0.0414 e. The van der Waals surface area contributed by atoms with E-state index in [0.29, 0.717) is 0 Å². The molecule has 1 unspecified atom stereocenters. The summed E-state index contributed by atoms with van der Waals surface area (Å²) >= 11 is 0. The molecule has 0 bridgehead atoms. The summed E-state index contributed by atoms with van der Waals surface area (Å²) in [4.78, 5) is 0. The van der Waals surface area contributed by atoms with Crippen LogP contribution >= 0.6 is 0 Å².